The summed E-state index contributed by atoms with van der Waals surface area (Å²) in [5.41, 5.74) is 6.54. The van der Waals surface area contributed by atoms with Crippen molar-refractivity contribution < 1.29 is 28.6 Å². The van der Waals surface area contributed by atoms with E-state index in [0.717, 1.165) is 0 Å². The fraction of sp³-hybridized carbons (Fsp3) is 0.357. The first-order chi connectivity index (χ1) is 9.92. The highest BCUT2D eigenvalue weighted by atomic mass is 16.5. The standard InChI is InChI=1S/C14H17NO6/c1-19-12(16)9-4-8(6-11(15)14(18)21-3)5-10(7-9)13(17)20-2/h4-5,7,11H,6,15H2,1-3H3/t11-/m0/s1. The smallest absolute Gasteiger partial charge is 0.337 e. The van der Waals surface area contributed by atoms with Gasteiger partial charge in [-0.3, -0.25) is 4.79 Å². The maximum absolute atomic E-state index is 11.6. The van der Waals surface area contributed by atoms with Crippen LogP contribution in [-0.2, 0) is 25.4 Å². The molecule has 2 N–H and O–H groups in total. The van der Waals surface area contributed by atoms with Crippen LogP contribution < -0.4 is 5.73 Å². The Balaban J connectivity index is 3.15. The van der Waals surface area contributed by atoms with Gasteiger partial charge in [-0.1, -0.05) is 0 Å². The summed E-state index contributed by atoms with van der Waals surface area (Å²) < 4.78 is 13.8. The van der Waals surface area contributed by atoms with E-state index in [-0.39, 0.29) is 17.5 Å². The molecule has 0 saturated heterocycles. The third-order valence-corrected chi connectivity index (χ3v) is 2.79. The zero-order chi connectivity index (χ0) is 16.0. The number of esters is 3. The Labute approximate surface area is 122 Å². The minimum Gasteiger partial charge on any atom is -0.468 e. The van der Waals surface area contributed by atoms with Crippen LogP contribution in [0.3, 0.4) is 0 Å². The van der Waals surface area contributed by atoms with Crippen molar-refractivity contribution >= 4 is 17.9 Å². The van der Waals surface area contributed by atoms with Gasteiger partial charge in [0.15, 0.2) is 0 Å². The van der Waals surface area contributed by atoms with E-state index in [2.05, 4.69) is 14.2 Å². The molecule has 0 unspecified atom stereocenters. The summed E-state index contributed by atoms with van der Waals surface area (Å²) >= 11 is 0. The second-order valence-corrected chi connectivity index (χ2v) is 4.24. The lowest BCUT2D eigenvalue weighted by atomic mass is 10.0. The van der Waals surface area contributed by atoms with E-state index in [1.807, 2.05) is 0 Å². The van der Waals surface area contributed by atoms with Crippen LogP contribution in [0.1, 0.15) is 26.3 Å². The van der Waals surface area contributed by atoms with Crippen molar-refractivity contribution in [2.24, 2.45) is 5.73 Å². The van der Waals surface area contributed by atoms with E-state index in [0.29, 0.717) is 5.56 Å². The SMILES string of the molecule is COC(=O)c1cc(C[C@H](N)C(=O)OC)cc(C(=O)OC)c1. The van der Waals surface area contributed by atoms with Gasteiger partial charge in [-0.05, 0) is 30.2 Å². The number of benzene rings is 1. The summed E-state index contributed by atoms with van der Waals surface area (Å²) in [6, 6.07) is 3.46. The molecule has 0 heterocycles. The van der Waals surface area contributed by atoms with Crippen LogP contribution in [0.2, 0.25) is 0 Å². The van der Waals surface area contributed by atoms with Crippen molar-refractivity contribution in [3.05, 3.63) is 34.9 Å². The molecule has 114 valence electrons. The van der Waals surface area contributed by atoms with E-state index < -0.39 is 23.9 Å². The number of rotatable bonds is 5. The third kappa shape index (κ3) is 4.28. The van der Waals surface area contributed by atoms with Crippen molar-refractivity contribution in [2.75, 3.05) is 21.3 Å². The maximum atomic E-state index is 11.6. The van der Waals surface area contributed by atoms with Crippen LogP contribution >= 0.6 is 0 Å². The van der Waals surface area contributed by atoms with E-state index in [1.165, 1.54) is 39.5 Å². The number of carbonyl (C=O) groups excluding carboxylic acids is 3. The number of hydrogen-bond acceptors (Lipinski definition) is 7. The molecule has 7 heteroatoms. The Hall–Kier alpha value is -2.41. The Bertz CT molecular complexity index is 520. The van der Waals surface area contributed by atoms with Crippen LogP contribution in [-0.4, -0.2) is 45.3 Å². The lowest BCUT2D eigenvalue weighted by Gasteiger charge is -2.11. The minimum absolute atomic E-state index is 0.113. The predicted octanol–water partition coefficient (Wildman–Crippen LogP) is 0.303. The van der Waals surface area contributed by atoms with Gasteiger partial charge >= 0.3 is 17.9 Å². The van der Waals surface area contributed by atoms with Gasteiger partial charge in [0, 0.05) is 0 Å². The van der Waals surface area contributed by atoms with Gasteiger partial charge in [0.1, 0.15) is 6.04 Å². The minimum atomic E-state index is -0.895. The molecule has 0 spiro atoms. The van der Waals surface area contributed by atoms with Gasteiger partial charge in [-0.2, -0.15) is 0 Å². The van der Waals surface area contributed by atoms with Crippen LogP contribution in [0, 0.1) is 0 Å². The lowest BCUT2D eigenvalue weighted by molar-refractivity contribution is -0.142. The van der Waals surface area contributed by atoms with E-state index in [1.54, 1.807) is 0 Å². The second-order valence-electron chi connectivity index (χ2n) is 4.24. The molecule has 7 nitrogen and oxygen atoms in total. The molecule has 0 radical (unpaired) electrons. The molecular weight excluding hydrogens is 278 g/mol. The fourth-order valence-electron chi connectivity index (χ4n) is 1.77. The highest BCUT2D eigenvalue weighted by Gasteiger charge is 2.18. The van der Waals surface area contributed by atoms with Crippen LogP contribution in [0.5, 0.6) is 0 Å². The molecule has 0 bridgehead atoms. The Morgan fingerprint density at radius 2 is 1.43 bits per heavy atom. The molecule has 1 atom stereocenters. The molecule has 21 heavy (non-hydrogen) atoms. The predicted molar refractivity (Wildman–Crippen MR) is 72.8 cm³/mol. The first-order valence-electron chi connectivity index (χ1n) is 6.07. The van der Waals surface area contributed by atoms with Gasteiger partial charge in [-0.25, -0.2) is 9.59 Å². The monoisotopic (exact) mass is 295 g/mol. The zero-order valence-corrected chi connectivity index (χ0v) is 12.0. The Morgan fingerprint density at radius 3 is 1.81 bits per heavy atom. The molecule has 1 aromatic carbocycles. The summed E-state index contributed by atoms with van der Waals surface area (Å²) in [5.74, 6) is -1.79. The topological polar surface area (TPSA) is 105 Å². The lowest BCUT2D eigenvalue weighted by Crippen LogP contribution is -2.33. The highest BCUT2D eigenvalue weighted by Crippen LogP contribution is 2.14. The molecular formula is C14H17NO6. The highest BCUT2D eigenvalue weighted by molar-refractivity contribution is 5.95. The molecule has 0 fully saturated rings. The van der Waals surface area contributed by atoms with Crippen LogP contribution in [0.4, 0.5) is 0 Å². The van der Waals surface area contributed by atoms with Crippen molar-refractivity contribution in [1.29, 1.82) is 0 Å². The number of ether oxygens (including phenoxy) is 3. The van der Waals surface area contributed by atoms with Crippen molar-refractivity contribution in [1.82, 2.24) is 0 Å². The second kappa shape index (κ2) is 7.39. The molecule has 1 rings (SSSR count). The van der Waals surface area contributed by atoms with Gasteiger partial charge in [0.2, 0.25) is 0 Å². The molecule has 0 aliphatic heterocycles. The molecule has 0 aliphatic carbocycles. The molecule has 0 aliphatic rings. The molecule has 1 aromatic rings. The number of methoxy groups -OCH3 is 3. The summed E-state index contributed by atoms with van der Waals surface area (Å²) in [5, 5.41) is 0. The van der Waals surface area contributed by atoms with Crippen LogP contribution in [0.25, 0.3) is 0 Å². The van der Waals surface area contributed by atoms with Gasteiger partial charge in [-0.15, -0.1) is 0 Å². The molecule has 0 saturated carbocycles. The normalized spacial score (nSPS) is 11.4. The van der Waals surface area contributed by atoms with Crippen molar-refractivity contribution in [3.8, 4) is 0 Å². The summed E-state index contributed by atoms with van der Waals surface area (Å²) in [6.45, 7) is 0. The van der Waals surface area contributed by atoms with Crippen LogP contribution in [0.15, 0.2) is 18.2 Å². The Kier molecular flexibility index (Phi) is 5.86. The molecule has 0 aromatic heterocycles. The average molecular weight is 295 g/mol. The van der Waals surface area contributed by atoms with E-state index in [4.69, 9.17) is 5.73 Å². The van der Waals surface area contributed by atoms with Gasteiger partial charge in [0.25, 0.3) is 0 Å². The van der Waals surface area contributed by atoms with Gasteiger partial charge in [0.05, 0.1) is 32.5 Å². The molecule has 0 amide bonds. The van der Waals surface area contributed by atoms with E-state index >= 15 is 0 Å². The van der Waals surface area contributed by atoms with E-state index in [9.17, 15) is 14.4 Å². The maximum Gasteiger partial charge on any atom is 0.337 e. The Morgan fingerprint density at radius 1 is 0.952 bits per heavy atom. The van der Waals surface area contributed by atoms with Gasteiger partial charge < -0.3 is 19.9 Å². The number of nitrogens with two attached hydrogens (primary N) is 1. The number of carbonyl (C=O) groups is 3. The third-order valence-electron chi connectivity index (χ3n) is 2.79. The number of hydrogen-bond donors (Lipinski definition) is 1. The zero-order valence-electron chi connectivity index (χ0n) is 12.0. The largest absolute Gasteiger partial charge is 0.468 e. The first kappa shape index (κ1) is 16.6. The van der Waals surface area contributed by atoms with Crippen molar-refractivity contribution in [2.45, 2.75) is 12.5 Å². The van der Waals surface area contributed by atoms with Crippen molar-refractivity contribution in [3.63, 3.8) is 0 Å². The summed E-state index contributed by atoms with van der Waals surface area (Å²) in [6.07, 6.45) is 0.113. The quantitative estimate of drug-likeness (QED) is 0.615. The summed E-state index contributed by atoms with van der Waals surface area (Å²) in [7, 11) is 3.69. The summed E-state index contributed by atoms with van der Waals surface area (Å²) in [4.78, 5) is 34.6. The average Bonchev–Trinajstić information content (AvgIpc) is 2.51. The fourth-order valence-corrected chi connectivity index (χ4v) is 1.77. The first-order valence-corrected chi connectivity index (χ1v) is 6.07.